The van der Waals surface area contributed by atoms with E-state index in [0.717, 1.165) is 16.7 Å². The molecule has 0 bridgehead atoms. The number of nitrogens with one attached hydrogen (secondary N) is 2. The molecule has 0 fully saturated rings. The van der Waals surface area contributed by atoms with Crippen LogP contribution in [0.25, 0.3) is 0 Å². The van der Waals surface area contributed by atoms with E-state index >= 15 is 0 Å². The molecule has 0 saturated heterocycles. The summed E-state index contributed by atoms with van der Waals surface area (Å²) in [6.07, 6.45) is 0. The maximum absolute atomic E-state index is 11.7. The highest BCUT2D eigenvalue weighted by atomic mass is 35.5. The fraction of sp³-hybridized carbons (Fsp3) is 0.263. The van der Waals surface area contributed by atoms with Crippen LogP contribution in [0.5, 0.6) is 0 Å². The number of nitrogens with two attached hydrogens (primary N) is 1. The van der Waals surface area contributed by atoms with Crippen LogP contribution in [0, 0.1) is 0 Å². The molecule has 0 saturated carbocycles. The van der Waals surface area contributed by atoms with Gasteiger partial charge in [0.25, 0.3) is 0 Å². The van der Waals surface area contributed by atoms with Crippen LogP contribution < -0.4 is 16.4 Å². The number of halogens is 1. The average molecular weight is 378 g/mol. The molecule has 4 N–H and O–H groups in total. The van der Waals surface area contributed by atoms with Crippen molar-refractivity contribution in [3.63, 3.8) is 0 Å². The molecule has 0 heterocycles. The van der Waals surface area contributed by atoms with Crippen LogP contribution in [0.2, 0.25) is 0 Å². The van der Waals surface area contributed by atoms with Gasteiger partial charge >= 0.3 is 0 Å². The molecule has 140 valence electrons. The SMILES string of the molecule is Cl.NCC(=O)NCC(=O)NCc1ccccc1COCc1ccccc1. The number of amides is 2. The highest BCUT2D eigenvalue weighted by Gasteiger charge is 2.06. The summed E-state index contributed by atoms with van der Waals surface area (Å²) < 4.78 is 5.76. The molecule has 26 heavy (non-hydrogen) atoms. The van der Waals surface area contributed by atoms with Gasteiger partial charge in [-0.25, -0.2) is 0 Å². The third-order valence-corrected chi connectivity index (χ3v) is 3.60. The van der Waals surface area contributed by atoms with Crippen LogP contribution in [0.3, 0.4) is 0 Å². The number of carbonyl (C=O) groups excluding carboxylic acids is 2. The van der Waals surface area contributed by atoms with Crippen molar-refractivity contribution in [2.24, 2.45) is 5.73 Å². The Labute approximate surface area is 159 Å². The van der Waals surface area contributed by atoms with Crippen molar-refractivity contribution in [3.8, 4) is 0 Å². The molecule has 0 aromatic heterocycles. The molecule has 2 aromatic rings. The zero-order valence-corrected chi connectivity index (χ0v) is 15.3. The molecule has 2 amide bonds. The summed E-state index contributed by atoms with van der Waals surface area (Å²) in [6.45, 7) is 1.16. The fourth-order valence-electron chi connectivity index (χ4n) is 2.23. The Hall–Kier alpha value is -2.41. The number of ether oxygens (including phenoxy) is 1. The molecular formula is C19H24ClN3O3. The standard InChI is InChI=1S/C19H23N3O3.ClH/c20-10-18(23)22-12-19(24)21-11-16-8-4-5-9-17(16)14-25-13-15-6-2-1-3-7-15;/h1-9H,10-14,20H2,(H,21,24)(H,22,23);1H. The summed E-state index contributed by atoms with van der Waals surface area (Å²) >= 11 is 0. The number of rotatable bonds is 9. The average Bonchev–Trinajstić information content (AvgIpc) is 2.66. The van der Waals surface area contributed by atoms with Gasteiger partial charge in [-0.05, 0) is 16.7 Å². The molecule has 0 aliphatic carbocycles. The Kier molecular flexibility index (Phi) is 10.0. The molecule has 6 nitrogen and oxygen atoms in total. The summed E-state index contributed by atoms with van der Waals surface area (Å²) in [5.41, 5.74) is 8.29. The third kappa shape index (κ3) is 7.65. The van der Waals surface area contributed by atoms with Crippen molar-refractivity contribution in [3.05, 3.63) is 71.3 Å². The Morgan fingerprint density at radius 2 is 1.50 bits per heavy atom. The third-order valence-electron chi connectivity index (χ3n) is 3.60. The first-order valence-corrected chi connectivity index (χ1v) is 8.11. The van der Waals surface area contributed by atoms with E-state index in [-0.39, 0.29) is 37.3 Å². The van der Waals surface area contributed by atoms with Gasteiger partial charge in [-0.15, -0.1) is 12.4 Å². The minimum absolute atomic E-state index is 0. The van der Waals surface area contributed by atoms with Crippen molar-refractivity contribution in [1.82, 2.24) is 10.6 Å². The van der Waals surface area contributed by atoms with Crippen LogP contribution in [0.1, 0.15) is 16.7 Å². The van der Waals surface area contributed by atoms with E-state index < -0.39 is 0 Å². The van der Waals surface area contributed by atoms with Crippen molar-refractivity contribution < 1.29 is 14.3 Å². The highest BCUT2D eigenvalue weighted by molar-refractivity contribution is 5.85. The van der Waals surface area contributed by atoms with Gasteiger partial charge in [0.05, 0.1) is 26.3 Å². The lowest BCUT2D eigenvalue weighted by Gasteiger charge is -2.12. The van der Waals surface area contributed by atoms with Gasteiger partial charge in [-0.3, -0.25) is 9.59 Å². The van der Waals surface area contributed by atoms with Gasteiger partial charge in [0.1, 0.15) is 0 Å². The molecular weight excluding hydrogens is 354 g/mol. The predicted molar refractivity (Wildman–Crippen MR) is 103 cm³/mol. The van der Waals surface area contributed by atoms with E-state index in [1.165, 1.54) is 0 Å². The van der Waals surface area contributed by atoms with E-state index in [1.54, 1.807) is 0 Å². The first-order chi connectivity index (χ1) is 12.2. The largest absolute Gasteiger partial charge is 0.372 e. The van der Waals surface area contributed by atoms with E-state index in [1.807, 2.05) is 54.6 Å². The van der Waals surface area contributed by atoms with Gasteiger partial charge in [0, 0.05) is 6.54 Å². The summed E-state index contributed by atoms with van der Waals surface area (Å²) in [7, 11) is 0. The summed E-state index contributed by atoms with van der Waals surface area (Å²) in [5, 5.41) is 5.21. The van der Waals surface area contributed by atoms with E-state index in [4.69, 9.17) is 10.5 Å². The summed E-state index contributed by atoms with van der Waals surface area (Å²) in [4.78, 5) is 22.8. The van der Waals surface area contributed by atoms with Crippen molar-refractivity contribution in [2.75, 3.05) is 13.1 Å². The lowest BCUT2D eigenvalue weighted by atomic mass is 10.1. The van der Waals surface area contributed by atoms with Gasteiger partial charge in [-0.2, -0.15) is 0 Å². The van der Waals surface area contributed by atoms with E-state index in [9.17, 15) is 9.59 Å². The van der Waals surface area contributed by atoms with E-state index in [2.05, 4.69) is 10.6 Å². The molecule has 0 atom stereocenters. The van der Waals surface area contributed by atoms with Crippen LogP contribution in [-0.2, 0) is 34.1 Å². The van der Waals surface area contributed by atoms with Crippen LogP contribution in [0.4, 0.5) is 0 Å². The Bertz CT molecular complexity index is 695. The maximum Gasteiger partial charge on any atom is 0.239 e. The molecule has 0 aliphatic heterocycles. The smallest absolute Gasteiger partial charge is 0.239 e. The highest BCUT2D eigenvalue weighted by Crippen LogP contribution is 2.11. The fourth-order valence-corrected chi connectivity index (χ4v) is 2.23. The van der Waals surface area contributed by atoms with Crippen molar-refractivity contribution in [1.29, 1.82) is 0 Å². The Morgan fingerprint density at radius 1 is 0.846 bits per heavy atom. The number of benzene rings is 2. The number of hydrogen-bond donors (Lipinski definition) is 3. The molecule has 0 aliphatic rings. The Morgan fingerprint density at radius 3 is 2.19 bits per heavy atom. The van der Waals surface area contributed by atoms with Gasteiger partial charge in [0.2, 0.25) is 11.8 Å². The molecule has 0 radical (unpaired) electrons. The van der Waals surface area contributed by atoms with Crippen molar-refractivity contribution >= 4 is 24.2 Å². The quantitative estimate of drug-likeness (QED) is 0.617. The van der Waals surface area contributed by atoms with Crippen LogP contribution >= 0.6 is 12.4 Å². The van der Waals surface area contributed by atoms with Gasteiger partial charge in [-0.1, -0.05) is 54.6 Å². The first kappa shape index (κ1) is 21.6. The summed E-state index contributed by atoms with van der Waals surface area (Å²) in [5.74, 6) is -0.619. The maximum atomic E-state index is 11.7. The number of hydrogen-bond acceptors (Lipinski definition) is 4. The van der Waals surface area contributed by atoms with Gasteiger partial charge in [0.15, 0.2) is 0 Å². The predicted octanol–water partition coefficient (Wildman–Crippen LogP) is 1.52. The lowest BCUT2D eigenvalue weighted by Crippen LogP contribution is -2.39. The number of carbonyl (C=O) groups is 2. The Balaban J connectivity index is 0.00000338. The second-order valence-electron chi connectivity index (χ2n) is 5.50. The minimum Gasteiger partial charge on any atom is -0.372 e. The topological polar surface area (TPSA) is 93.5 Å². The van der Waals surface area contributed by atoms with Crippen LogP contribution in [-0.4, -0.2) is 24.9 Å². The monoisotopic (exact) mass is 377 g/mol. The molecule has 2 rings (SSSR count). The zero-order chi connectivity index (χ0) is 17.9. The van der Waals surface area contributed by atoms with E-state index in [0.29, 0.717) is 19.8 Å². The molecule has 7 heteroatoms. The molecule has 0 spiro atoms. The zero-order valence-electron chi connectivity index (χ0n) is 14.4. The lowest BCUT2D eigenvalue weighted by molar-refractivity contribution is -0.125. The first-order valence-electron chi connectivity index (χ1n) is 8.11. The van der Waals surface area contributed by atoms with Crippen LogP contribution in [0.15, 0.2) is 54.6 Å². The minimum atomic E-state index is -0.357. The second-order valence-corrected chi connectivity index (χ2v) is 5.50. The molecule has 0 unspecified atom stereocenters. The summed E-state index contributed by atoms with van der Waals surface area (Å²) in [6, 6.07) is 17.7. The normalized spacial score (nSPS) is 9.88. The second kappa shape index (κ2) is 12.0. The van der Waals surface area contributed by atoms with Crippen molar-refractivity contribution in [2.45, 2.75) is 19.8 Å². The molecule has 2 aromatic carbocycles. The van der Waals surface area contributed by atoms with Gasteiger partial charge < -0.3 is 21.1 Å².